The average Bonchev–Trinajstić information content (AvgIpc) is 2.63. The lowest BCUT2D eigenvalue weighted by Gasteiger charge is -2.32. The first-order valence-corrected chi connectivity index (χ1v) is 9.78. The molecule has 0 spiro atoms. The number of benzene rings is 1. The maximum absolute atomic E-state index is 6.17. The average molecular weight is 426 g/mol. The molecule has 2 heterocycles. The molecule has 0 bridgehead atoms. The van der Waals surface area contributed by atoms with Crippen LogP contribution in [0.3, 0.4) is 0 Å². The predicted octanol–water partition coefficient (Wildman–Crippen LogP) is 4.95. The largest absolute Gasteiger partial charge is 0.355 e. The third kappa shape index (κ3) is 6.50. The number of nitrogens with zero attached hydrogens (tertiary/aromatic N) is 3. The summed E-state index contributed by atoms with van der Waals surface area (Å²) in [6, 6.07) is 8.73. The summed E-state index contributed by atoms with van der Waals surface area (Å²) in [7, 11) is 0. The van der Waals surface area contributed by atoms with Crippen molar-refractivity contribution in [2.24, 2.45) is 5.73 Å². The molecule has 1 atom stereocenters. The molecule has 0 saturated carbocycles. The number of rotatable bonds is 6. The summed E-state index contributed by atoms with van der Waals surface area (Å²) >= 11 is 0. The molecule has 3 N–H and O–H groups in total. The van der Waals surface area contributed by atoms with Gasteiger partial charge < -0.3 is 16.0 Å². The smallest absolute Gasteiger partial charge is 0.229 e. The maximum Gasteiger partial charge on any atom is 0.229 e. The molecule has 1 aliphatic rings. The number of nitrogens with two attached hydrogens (primary N) is 1. The standard InChI is InChI=1S/C21H31N5.2ClH/c1-4-5-8-18-13-20(26-11-6-7-17(22)14-26)25-21(23-18)24-19-10-9-15(2)16(3)12-19;;/h9-10,12-13,17H,4-8,11,14,22H2,1-3H3,(H,23,24,25);2*1H. The van der Waals surface area contributed by atoms with Crippen LogP contribution < -0.4 is 16.0 Å². The fraction of sp³-hybridized carbons (Fsp3) is 0.524. The van der Waals surface area contributed by atoms with Gasteiger partial charge in [0.25, 0.3) is 0 Å². The second-order valence-corrected chi connectivity index (χ2v) is 7.42. The minimum Gasteiger partial charge on any atom is -0.355 e. The van der Waals surface area contributed by atoms with E-state index in [0.29, 0.717) is 5.95 Å². The van der Waals surface area contributed by atoms with Gasteiger partial charge in [-0.3, -0.25) is 0 Å². The molecule has 5 nitrogen and oxygen atoms in total. The van der Waals surface area contributed by atoms with E-state index < -0.39 is 0 Å². The van der Waals surface area contributed by atoms with Gasteiger partial charge in [0.05, 0.1) is 0 Å². The fourth-order valence-corrected chi connectivity index (χ4v) is 3.35. The normalized spacial score (nSPS) is 16.1. The highest BCUT2D eigenvalue weighted by atomic mass is 35.5. The highest BCUT2D eigenvalue weighted by Crippen LogP contribution is 2.23. The van der Waals surface area contributed by atoms with Crippen molar-refractivity contribution in [1.29, 1.82) is 0 Å². The fourth-order valence-electron chi connectivity index (χ4n) is 3.35. The molecule has 156 valence electrons. The first kappa shape index (κ1) is 24.5. The topological polar surface area (TPSA) is 67.1 Å². The minimum absolute atomic E-state index is 0. The molecule has 0 aliphatic carbocycles. The lowest BCUT2D eigenvalue weighted by Crippen LogP contribution is -2.43. The SMILES string of the molecule is CCCCc1cc(N2CCCC(N)C2)nc(Nc2ccc(C)c(C)c2)n1.Cl.Cl. The summed E-state index contributed by atoms with van der Waals surface area (Å²) in [5.74, 6) is 1.67. The Morgan fingerprint density at radius 1 is 1.14 bits per heavy atom. The van der Waals surface area contributed by atoms with Gasteiger partial charge in [0.1, 0.15) is 5.82 Å². The van der Waals surface area contributed by atoms with Crippen molar-refractivity contribution >= 4 is 42.3 Å². The van der Waals surface area contributed by atoms with Crippen LogP contribution in [0.1, 0.15) is 49.4 Å². The molecular weight excluding hydrogens is 393 g/mol. The molecule has 28 heavy (non-hydrogen) atoms. The summed E-state index contributed by atoms with van der Waals surface area (Å²) in [4.78, 5) is 11.8. The number of hydrogen-bond acceptors (Lipinski definition) is 5. The first-order valence-electron chi connectivity index (χ1n) is 9.78. The zero-order chi connectivity index (χ0) is 18.5. The number of aryl methyl sites for hydroxylation is 3. The molecular formula is C21H33Cl2N5. The second kappa shape index (κ2) is 11.4. The van der Waals surface area contributed by atoms with Crippen molar-refractivity contribution in [3.05, 3.63) is 41.1 Å². The molecule has 1 aromatic heterocycles. The summed E-state index contributed by atoms with van der Waals surface area (Å²) in [5, 5.41) is 3.40. The van der Waals surface area contributed by atoms with Gasteiger partial charge in [0.15, 0.2) is 0 Å². The Balaban J connectivity index is 0.00000196. The Bertz CT molecular complexity index is 754. The zero-order valence-electron chi connectivity index (χ0n) is 17.1. The molecule has 1 saturated heterocycles. The van der Waals surface area contributed by atoms with Crippen LogP contribution in [-0.2, 0) is 6.42 Å². The second-order valence-electron chi connectivity index (χ2n) is 7.42. The van der Waals surface area contributed by atoms with Crippen LogP contribution in [0.5, 0.6) is 0 Å². The molecule has 1 unspecified atom stereocenters. The van der Waals surface area contributed by atoms with Gasteiger partial charge in [0, 0.05) is 36.6 Å². The molecule has 7 heteroatoms. The molecule has 2 aromatic rings. The van der Waals surface area contributed by atoms with Gasteiger partial charge in [-0.25, -0.2) is 4.98 Å². The van der Waals surface area contributed by atoms with E-state index in [-0.39, 0.29) is 30.9 Å². The number of anilines is 3. The lowest BCUT2D eigenvalue weighted by atomic mass is 10.1. The van der Waals surface area contributed by atoms with Gasteiger partial charge in [-0.05, 0) is 62.8 Å². The Hall–Kier alpha value is -1.56. The van der Waals surface area contributed by atoms with Gasteiger partial charge in [-0.15, -0.1) is 24.8 Å². The van der Waals surface area contributed by atoms with E-state index in [1.54, 1.807) is 0 Å². The number of unbranched alkanes of at least 4 members (excludes halogenated alkanes) is 1. The molecule has 0 amide bonds. The van der Waals surface area contributed by atoms with E-state index in [0.717, 1.165) is 62.4 Å². The summed E-state index contributed by atoms with van der Waals surface area (Å²) < 4.78 is 0. The predicted molar refractivity (Wildman–Crippen MR) is 124 cm³/mol. The van der Waals surface area contributed by atoms with Crippen molar-refractivity contribution in [2.45, 2.75) is 58.9 Å². The van der Waals surface area contributed by atoms with Crippen LogP contribution in [0.4, 0.5) is 17.5 Å². The van der Waals surface area contributed by atoms with Crippen molar-refractivity contribution in [3.8, 4) is 0 Å². The van der Waals surface area contributed by atoms with E-state index in [1.807, 2.05) is 0 Å². The summed E-state index contributed by atoms with van der Waals surface area (Å²) in [6.45, 7) is 8.34. The van der Waals surface area contributed by atoms with Crippen LogP contribution >= 0.6 is 24.8 Å². The van der Waals surface area contributed by atoms with Crippen LogP contribution in [0.15, 0.2) is 24.3 Å². The number of piperidine rings is 1. The summed E-state index contributed by atoms with van der Waals surface area (Å²) in [6.07, 6.45) is 5.49. The number of aromatic nitrogens is 2. The Morgan fingerprint density at radius 2 is 1.93 bits per heavy atom. The Kier molecular flexibility index (Phi) is 10.0. The van der Waals surface area contributed by atoms with Crippen LogP contribution in [0.2, 0.25) is 0 Å². The van der Waals surface area contributed by atoms with Crippen LogP contribution in [-0.4, -0.2) is 29.1 Å². The van der Waals surface area contributed by atoms with E-state index in [2.05, 4.69) is 55.3 Å². The van der Waals surface area contributed by atoms with Crippen LogP contribution in [0, 0.1) is 13.8 Å². The Labute approximate surface area is 181 Å². The lowest BCUT2D eigenvalue weighted by molar-refractivity contribution is 0.503. The third-order valence-electron chi connectivity index (χ3n) is 5.10. The van der Waals surface area contributed by atoms with Crippen molar-refractivity contribution in [2.75, 3.05) is 23.3 Å². The highest BCUT2D eigenvalue weighted by Gasteiger charge is 2.19. The minimum atomic E-state index is 0. The summed E-state index contributed by atoms with van der Waals surface area (Å²) in [5.41, 5.74) is 10.9. The molecule has 0 radical (unpaired) electrons. The van der Waals surface area contributed by atoms with E-state index in [9.17, 15) is 0 Å². The Morgan fingerprint density at radius 3 is 2.61 bits per heavy atom. The molecule has 1 fully saturated rings. The number of halogens is 2. The molecule has 1 aliphatic heterocycles. The van der Waals surface area contributed by atoms with Gasteiger partial charge >= 0.3 is 0 Å². The third-order valence-corrected chi connectivity index (χ3v) is 5.10. The van der Waals surface area contributed by atoms with Crippen LogP contribution in [0.25, 0.3) is 0 Å². The van der Waals surface area contributed by atoms with Gasteiger partial charge in [-0.1, -0.05) is 19.4 Å². The van der Waals surface area contributed by atoms with Crippen molar-refractivity contribution in [3.63, 3.8) is 0 Å². The van der Waals surface area contributed by atoms with Crippen molar-refractivity contribution < 1.29 is 0 Å². The van der Waals surface area contributed by atoms with Crippen molar-refractivity contribution in [1.82, 2.24) is 9.97 Å². The van der Waals surface area contributed by atoms with E-state index in [4.69, 9.17) is 15.7 Å². The number of hydrogen-bond donors (Lipinski definition) is 2. The zero-order valence-corrected chi connectivity index (χ0v) is 18.7. The quantitative estimate of drug-likeness (QED) is 0.684. The number of nitrogens with one attached hydrogen (secondary N) is 1. The van der Waals surface area contributed by atoms with Gasteiger partial charge in [-0.2, -0.15) is 4.98 Å². The first-order chi connectivity index (χ1) is 12.5. The maximum atomic E-state index is 6.17. The van der Waals surface area contributed by atoms with E-state index >= 15 is 0 Å². The highest BCUT2D eigenvalue weighted by molar-refractivity contribution is 5.85. The molecule has 3 rings (SSSR count). The molecule has 1 aromatic carbocycles. The monoisotopic (exact) mass is 425 g/mol. The van der Waals surface area contributed by atoms with E-state index in [1.165, 1.54) is 11.1 Å². The van der Waals surface area contributed by atoms with Gasteiger partial charge in [0.2, 0.25) is 5.95 Å².